The molecule has 10 heteroatoms. The van der Waals surface area contributed by atoms with Crippen LogP contribution < -0.4 is 29.8 Å². The maximum absolute atomic E-state index is 14.0. The maximum atomic E-state index is 14.0. The van der Waals surface area contributed by atoms with Crippen molar-refractivity contribution in [3.63, 3.8) is 0 Å². The third-order valence-electron chi connectivity index (χ3n) is 7.59. The molecule has 3 aliphatic rings. The number of hydrogen-bond donors (Lipinski definition) is 1. The molecule has 38 heavy (non-hydrogen) atoms. The molecule has 1 unspecified atom stereocenters. The van der Waals surface area contributed by atoms with Crippen molar-refractivity contribution in [2.45, 2.75) is 26.1 Å². The smallest absolute Gasteiger partial charge is 0.259 e. The number of fused-ring (bicyclic) bond motifs is 6. The molecule has 2 aliphatic heterocycles. The number of ether oxygens (including phenoxy) is 5. The number of carbonyl (C=O) groups excluding carboxylic acids is 1. The molecule has 1 aromatic heterocycles. The Hall–Kier alpha value is -3.60. The van der Waals surface area contributed by atoms with Crippen molar-refractivity contribution < 1.29 is 28.5 Å². The average molecular weight is 522 g/mol. The summed E-state index contributed by atoms with van der Waals surface area (Å²) < 4.78 is 29.5. The molecule has 0 spiro atoms. The number of hydrogen-bond acceptors (Lipinski definition) is 9. The summed E-state index contributed by atoms with van der Waals surface area (Å²) in [5, 5.41) is 4.46. The number of methoxy groups -OCH3 is 2. The van der Waals surface area contributed by atoms with Gasteiger partial charge in [-0.15, -0.1) is 0 Å². The van der Waals surface area contributed by atoms with Crippen LogP contribution in [0, 0.1) is 0 Å². The van der Waals surface area contributed by atoms with Crippen molar-refractivity contribution >= 4 is 16.6 Å². The molecule has 1 saturated heterocycles. The van der Waals surface area contributed by atoms with Crippen LogP contribution >= 0.6 is 0 Å². The number of benzene rings is 2. The minimum absolute atomic E-state index is 0.104. The van der Waals surface area contributed by atoms with E-state index in [2.05, 4.69) is 17.1 Å². The van der Waals surface area contributed by atoms with Gasteiger partial charge in [-0.1, -0.05) is 6.92 Å². The molecule has 3 aromatic rings. The third kappa shape index (κ3) is 3.91. The van der Waals surface area contributed by atoms with E-state index in [-0.39, 0.29) is 24.3 Å². The van der Waals surface area contributed by atoms with E-state index in [9.17, 15) is 9.59 Å². The Balaban J connectivity index is 1.47. The molecule has 0 amide bonds. The highest BCUT2D eigenvalue weighted by atomic mass is 16.7. The molecule has 0 saturated carbocycles. The number of pyridine rings is 1. The number of nitrogens with one attached hydrogen (secondary N) is 1. The SMILES string of the molecule is CCN(CCCn1c2c(c3cc(OC)c(OC)cc3c1=O)C(=O)c1cc3c(cc1-2)OCO3)C1COCCN1. The first-order valence-corrected chi connectivity index (χ1v) is 12.9. The minimum Gasteiger partial charge on any atom is -0.493 e. The number of likely N-dealkylation sites (N-methyl/N-ethyl adjacent to an activating group) is 1. The van der Waals surface area contributed by atoms with E-state index in [1.807, 2.05) is 6.07 Å². The largest absolute Gasteiger partial charge is 0.493 e. The fourth-order valence-corrected chi connectivity index (χ4v) is 5.71. The first kappa shape index (κ1) is 24.7. The lowest BCUT2D eigenvalue weighted by molar-refractivity contribution is 0.0103. The van der Waals surface area contributed by atoms with E-state index in [4.69, 9.17) is 23.7 Å². The van der Waals surface area contributed by atoms with Crippen molar-refractivity contribution in [2.24, 2.45) is 0 Å². The fraction of sp³-hybridized carbons (Fsp3) is 0.429. The highest BCUT2D eigenvalue weighted by Crippen LogP contribution is 2.46. The molecule has 1 fully saturated rings. The van der Waals surface area contributed by atoms with Gasteiger partial charge in [0.25, 0.3) is 5.56 Å². The number of carbonyl (C=O) groups is 1. The first-order chi connectivity index (χ1) is 18.5. The normalized spacial score (nSPS) is 17.7. The van der Waals surface area contributed by atoms with E-state index >= 15 is 0 Å². The summed E-state index contributed by atoms with van der Waals surface area (Å²) >= 11 is 0. The molecule has 1 aliphatic carbocycles. The Morgan fingerprint density at radius 2 is 1.74 bits per heavy atom. The molecule has 1 atom stereocenters. The van der Waals surface area contributed by atoms with Crippen LogP contribution in [0.3, 0.4) is 0 Å². The zero-order valence-corrected chi connectivity index (χ0v) is 21.8. The Bertz CT molecular complexity index is 1480. The van der Waals surface area contributed by atoms with Crippen LogP contribution in [0.25, 0.3) is 22.0 Å². The quantitative estimate of drug-likeness (QED) is 0.375. The van der Waals surface area contributed by atoms with Gasteiger partial charge in [0.15, 0.2) is 28.8 Å². The molecule has 2 aromatic carbocycles. The summed E-state index contributed by atoms with van der Waals surface area (Å²) in [7, 11) is 3.06. The first-order valence-electron chi connectivity index (χ1n) is 12.9. The van der Waals surface area contributed by atoms with Crippen molar-refractivity contribution in [3.05, 3.63) is 45.7 Å². The molecule has 3 heterocycles. The van der Waals surface area contributed by atoms with Gasteiger partial charge in [0.1, 0.15) is 0 Å². The van der Waals surface area contributed by atoms with Gasteiger partial charge in [0.05, 0.1) is 50.2 Å². The van der Waals surface area contributed by atoms with Gasteiger partial charge in [-0.05, 0) is 37.2 Å². The van der Waals surface area contributed by atoms with Crippen molar-refractivity contribution in [3.8, 4) is 34.3 Å². The van der Waals surface area contributed by atoms with Crippen molar-refractivity contribution in [1.29, 1.82) is 0 Å². The van der Waals surface area contributed by atoms with E-state index in [0.717, 1.165) is 19.6 Å². The molecular formula is C28H31N3O7. The van der Waals surface area contributed by atoms with Gasteiger partial charge in [0.2, 0.25) is 6.79 Å². The second-order valence-corrected chi connectivity index (χ2v) is 9.54. The van der Waals surface area contributed by atoms with Crippen molar-refractivity contribution in [1.82, 2.24) is 14.8 Å². The highest BCUT2D eigenvalue weighted by Gasteiger charge is 2.35. The van der Waals surface area contributed by atoms with Crippen molar-refractivity contribution in [2.75, 3.05) is 53.9 Å². The Morgan fingerprint density at radius 3 is 2.39 bits per heavy atom. The number of ketones is 1. The monoisotopic (exact) mass is 521 g/mol. The fourth-order valence-electron chi connectivity index (χ4n) is 5.71. The summed E-state index contributed by atoms with van der Waals surface area (Å²) in [6.45, 7) is 6.45. The van der Waals surface area contributed by atoms with E-state index in [1.54, 1.807) is 22.8 Å². The predicted molar refractivity (Wildman–Crippen MR) is 141 cm³/mol. The van der Waals surface area contributed by atoms with E-state index in [0.29, 0.717) is 82.3 Å². The molecule has 0 bridgehead atoms. The summed E-state index contributed by atoms with van der Waals surface area (Å²) in [6, 6.07) is 6.91. The topological polar surface area (TPSA) is 100 Å². The van der Waals surface area contributed by atoms with Gasteiger partial charge < -0.3 is 28.3 Å². The molecule has 10 nitrogen and oxygen atoms in total. The maximum Gasteiger partial charge on any atom is 0.259 e. The zero-order valence-electron chi connectivity index (χ0n) is 21.8. The molecular weight excluding hydrogens is 490 g/mol. The van der Waals surface area contributed by atoms with Crippen LogP contribution in [-0.2, 0) is 11.3 Å². The van der Waals surface area contributed by atoms with Gasteiger partial charge in [0, 0.05) is 36.1 Å². The van der Waals surface area contributed by atoms with Crippen LogP contribution in [0.4, 0.5) is 0 Å². The average Bonchev–Trinajstić information content (AvgIpc) is 3.53. The Kier molecular flexibility index (Phi) is 6.46. The molecule has 1 N–H and O–H groups in total. The lowest BCUT2D eigenvalue weighted by Gasteiger charge is -2.34. The minimum atomic E-state index is -0.180. The second kappa shape index (κ2) is 9.94. The summed E-state index contributed by atoms with van der Waals surface area (Å²) in [6.07, 6.45) is 0.858. The third-order valence-corrected chi connectivity index (χ3v) is 7.59. The van der Waals surface area contributed by atoms with Crippen LogP contribution in [0.5, 0.6) is 23.0 Å². The predicted octanol–water partition coefficient (Wildman–Crippen LogP) is 2.62. The number of rotatable bonds is 8. The Labute approximate surface area is 220 Å². The standard InChI is InChI=1S/C28H31N3O7/c1-4-30(24-14-36-9-6-29-24)7-5-8-31-26-17-11-22-23(38-15-37-22)12-18(17)27(32)25(26)16-10-20(34-2)21(35-3)13-19(16)28(31)33/h10-13,24,29H,4-9,14-15H2,1-3H3. The molecule has 0 radical (unpaired) electrons. The van der Waals surface area contributed by atoms with Gasteiger partial charge >= 0.3 is 0 Å². The lowest BCUT2D eigenvalue weighted by atomic mass is 10.0. The summed E-state index contributed by atoms with van der Waals surface area (Å²) in [5.74, 6) is 1.84. The van der Waals surface area contributed by atoms with Gasteiger partial charge in [-0.2, -0.15) is 0 Å². The Morgan fingerprint density at radius 1 is 1.03 bits per heavy atom. The summed E-state index contributed by atoms with van der Waals surface area (Å²) in [4.78, 5) is 30.2. The van der Waals surface area contributed by atoms with Crippen LogP contribution in [0.15, 0.2) is 29.1 Å². The lowest BCUT2D eigenvalue weighted by Crippen LogP contribution is -2.53. The van der Waals surface area contributed by atoms with Gasteiger partial charge in [-0.25, -0.2) is 0 Å². The molecule has 200 valence electrons. The van der Waals surface area contributed by atoms with Gasteiger partial charge in [-0.3, -0.25) is 19.8 Å². The van der Waals surface area contributed by atoms with Crippen LogP contribution in [0.2, 0.25) is 0 Å². The van der Waals surface area contributed by atoms with E-state index in [1.165, 1.54) is 14.2 Å². The van der Waals surface area contributed by atoms with Crippen LogP contribution in [0.1, 0.15) is 29.3 Å². The molecule has 6 rings (SSSR count). The van der Waals surface area contributed by atoms with Crippen LogP contribution in [-0.4, -0.2) is 75.3 Å². The second-order valence-electron chi connectivity index (χ2n) is 9.54. The summed E-state index contributed by atoms with van der Waals surface area (Å²) in [5.41, 5.74) is 2.08. The van der Waals surface area contributed by atoms with E-state index < -0.39 is 0 Å². The zero-order chi connectivity index (χ0) is 26.4. The highest BCUT2D eigenvalue weighted by molar-refractivity contribution is 6.27. The number of aromatic nitrogens is 1. The number of morpholine rings is 1. The number of nitrogens with zero attached hydrogens (tertiary/aromatic N) is 2.